The highest BCUT2D eigenvalue weighted by Crippen LogP contribution is 2.30. The summed E-state index contributed by atoms with van der Waals surface area (Å²) < 4.78 is 10.9. The van der Waals surface area contributed by atoms with Crippen molar-refractivity contribution in [2.45, 2.75) is 33.1 Å². The summed E-state index contributed by atoms with van der Waals surface area (Å²) >= 11 is 0. The first-order valence-corrected chi connectivity index (χ1v) is 9.31. The van der Waals surface area contributed by atoms with E-state index in [4.69, 9.17) is 9.47 Å². The Morgan fingerprint density at radius 2 is 1.96 bits per heavy atom. The summed E-state index contributed by atoms with van der Waals surface area (Å²) in [5.74, 6) is 2.00. The van der Waals surface area contributed by atoms with Crippen LogP contribution in [0.15, 0.2) is 23.2 Å². The van der Waals surface area contributed by atoms with E-state index in [1.807, 2.05) is 36.9 Å². The number of anilines is 1. The summed E-state index contributed by atoms with van der Waals surface area (Å²) in [4.78, 5) is 18.6. The van der Waals surface area contributed by atoms with Gasteiger partial charge in [0.2, 0.25) is 5.91 Å². The van der Waals surface area contributed by atoms with Gasteiger partial charge in [0.15, 0.2) is 17.5 Å². The Labute approximate surface area is 155 Å². The number of benzene rings is 1. The molecule has 1 amide bonds. The number of hydrogen-bond acceptors (Lipinski definition) is 4. The molecule has 1 aromatic carbocycles. The number of rotatable bonds is 7. The number of carbonyl (C=O) groups excluding carboxylic acids is 1. The van der Waals surface area contributed by atoms with E-state index in [2.05, 4.69) is 15.6 Å². The van der Waals surface area contributed by atoms with Crippen LogP contribution in [0.4, 0.5) is 5.69 Å². The molecule has 0 aromatic heterocycles. The van der Waals surface area contributed by atoms with Crippen LogP contribution in [0.5, 0.6) is 11.5 Å². The highest BCUT2D eigenvalue weighted by atomic mass is 16.5. The lowest BCUT2D eigenvalue weighted by molar-refractivity contribution is -0.130. The van der Waals surface area contributed by atoms with Gasteiger partial charge in [0.05, 0.1) is 13.7 Å². The number of guanidine groups is 1. The van der Waals surface area contributed by atoms with Gasteiger partial charge in [-0.15, -0.1) is 0 Å². The van der Waals surface area contributed by atoms with Gasteiger partial charge in [-0.05, 0) is 45.2 Å². The van der Waals surface area contributed by atoms with Gasteiger partial charge in [0.1, 0.15) is 6.54 Å². The maximum atomic E-state index is 12.3. The van der Waals surface area contributed by atoms with E-state index in [0.717, 1.165) is 31.6 Å². The number of nitrogens with zero attached hydrogens (tertiary/aromatic N) is 2. The topological polar surface area (TPSA) is 75.2 Å². The molecular weight excluding hydrogens is 332 g/mol. The molecule has 2 rings (SSSR count). The van der Waals surface area contributed by atoms with Crippen molar-refractivity contribution in [1.82, 2.24) is 10.2 Å². The van der Waals surface area contributed by atoms with Crippen molar-refractivity contribution in [3.05, 3.63) is 18.2 Å². The molecule has 1 fully saturated rings. The van der Waals surface area contributed by atoms with Gasteiger partial charge in [0, 0.05) is 31.4 Å². The lowest BCUT2D eigenvalue weighted by atomic mass is 10.1. The fourth-order valence-electron chi connectivity index (χ4n) is 2.86. The van der Waals surface area contributed by atoms with Crippen molar-refractivity contribution in [1.29, 1.82) is 0 Å². The summed E-state index contributed by atoms with van der Waals surface area (Å²) in [6, 6.07) is 5.60. The zero-order chi connectivity index (χ0) is 18.8. The molecule has 144 valence electrons. The van der Waals surface area contributed by atoms with Gasteiger partial charge in [-0.25, -0.2) is 4.99 Å². The predicted octanol–water partition coefficient (Wildman–Crippen LogP) is 2.48. The Morgan fingerprint density at radius 1 is 1.19 bits per heavy atom. The number of ether oxygens (including phenoxy) is 2. The molecule has 7 nitrogen and oxygen atoms in total. The normalized spacial score (nSPS) is 14.7. The number of methoxy groups -OCH3 is 1. The van der Waals surface area contributed by atoms with Crippen molar-refractivity contribution in [3.63, 3.8) is 0 Å². The lowest BCUT2D eigenvalue weighted by Crippen LogP contribution is -2.38. The molecule has 0 bridgehead atoms. The SMILES string of the molecule is CCNC(=NCC(=O)N1CCCCC1)Nc1ccc(OC)c(OCC)c1. The van der Waals surface area contributed by atoms with Crippen molar-refractivity contribution < 1.29 is 14.3 Å². The third kappa shape index (κ3) is 5.82. The van der Waals surface area contributed by atoms with Crippen molar-refractivity contribution in [2.24, 2.45) is 4.99 Å². The van der Waals surface area contributed by atoms with Crippen LogP contribution < -0.4 is 20.1 Å². The van der Waals surface area contributed by atoms with E-state index in [-0.39, 0.29) is 12.5 Å². The Bertz CT molecular complexity index is 613. The summed E-state index contributed by atoms with van der Waals surface area (Å²) in [6.45, 7) is 7.00. The number of aliphatic imine (C=N–C) groups is 1. The Hall–Kier alpha value is -2.44. The minimum atomic E-state index is 0.0756. The predicted molar refractivity (Wildman–Crippen MR) is 104 cm³/mol. The van der Waals surface area contributed by atoms with Gasteiger partial charge in [0.25, 0.3) is 0 Å². The second kappa shape index (κ2) is 10.5. The number of piperidine rings is 1. The Balaban J connectivity index is 2.04. The Morgan fingerprint density at radius 3 is 2.62 bits per heavy atom. The van der Waals surface area contributed by atoms with E-state index in [9.17, 15) is 4.79 Å². The molecule has 26 heavy (non-hydrogen) atoms. The summed E-state index contributed by atoms with van der Waals surface area (Å²) in [6.07, 6.45) is 3.37. The molecule has 0 spiro atoms. The number of amides is 1. The minimum Gasteiger partial charge on any atom is -0.493 e. The molecule has 2 N–H and O–H groups in total. The van der Waals surface area contributed by atoms with Gasteiger partial charge < -0.3 is 25.0 Å². The summed E-state index contributed by atoms with van der Waals surface area (Å²) in [5, 5.41) is 6.39. The maximum Gasteiger partial charge on any atom is 0.244 e. The van der Waals surface area contributed by atoms with Crippen molar-refractivity contribution in [3.8, 4) is 11.5 Å². The first kappa shape index (κ1) is 19.9. The Kier molecular flexibility index (Phi) is 8.05. The standard InChI is InChI=1S/C19H30N4O3/c1-4-20-19(21-14-18(24)23-11-7-6-8-12-23)22-15-9-10-16(25-3)17(13-15)26-5-2/h9-10,13H,4-8,11-12,14H2,1-3H3,(H2,20,21,22). The van der Waals surface area contributed by atoms with Crippen LogP contribution in [-0.4, -0.2) is 56.7 Å². The average Bonchev–Trinajstić information content (AvgIpc) is 2.67. The average molecular weight is 362 g/mol. The van der Waals surface area contributed by atoms with E-state index in [1.54, 1.807) is 7.11 Å². The fraction of sp³-hybridized carbons (Fsp3) is 0.579. The van der Waals surface area contributed by atoms with Gasteiger partial charge in [-0.1, -0.05) is 0 Å². The smallest absolute Gasteiger partial charge is 0.244 e. The molecule has 7 heteroatoms. The van der Waals surface area contributed by atoms with Crippen LogP contribution in [-0.2, 0) is 4.79 Å². The first-order valence-electron chi connectivity index (χ1n) is 9.31. The first-order chi connectivity index (χ1) is 12.7. The zero-order valence-electron chi connectivity index (χ0n) is 16.0. The van der Waals surface area contributed by atoms with Crippen molar-refractivity contribution in [2.75, 3.05) is 45.2 Å². The largest absolute Gasteiger partial charge is 0.493 e. The molecule has 1 aliphatic rings. The molecule has 1 aromatic rings. The second-order valence-electron chi connectivity index (χ2n) is 6.06. The lowest BCUT2D eigenvalue weighted by Gasteiger charge is -2.26. The van der Waals surface area contributed by atoms with Crippen LogP contribution in [0, 0.1) is 0 Å². The third-order valence-electron chi connectivity index (χ3n) is 4.15. The van der Waals surface area contributed by atoms with E-state index >= 15 is 0 Å². The quantitative estimate of drug-likeness (QED) is 0.576. The van der Waals surface area contributed by atoms with Crippen molar-refractivity contribution >= 4 is 17.6 Å². The summed E-state index contributed by atoms with van der Waals surface area (Å²) in [7, 11) is 1.61. The number of likely N-dealkylation sites (tertiary alicyclic amines) is 1. The molecule has 0 saturated carbocycles. The highest BCUT2D eigenvalue weighted by molar-refractivity contribution is 5.95. The van der Waals surface area contributed by atoms with Gasteiger partial charge in [-0.3, -0.25) is 4.79 Å². The van der Waals surface area contributed by atoms with Gasteiger partial charge in [-0.2, -0.15) is 0 Å². The molecule has 1 heterocycles. The zero-order valence-corrected chi connectivity index (χ0v) is 16.0. The molecular formula is C19H30N4O3. The molecule has 0 unspecified atom stereocenters. The third-order valence-corrected chi connectivity index (χ3v) is 4.15. The van der Waals surface area contributed by atoms with E-state index in [0.29, 0.717) is 30.6 Å². The highest BCUT2D eigenvalue weighted by Gasteiger charge is 2.16. The van der Waals surface area contributed by atoms with Crippen LogP contribution in [0.25, 0.3) is 0 Å². The van der Waals surface area contributed by atoms with Crippen LogP contribution >= 0.6 is 0 Å². The molecule has 1 aliphatic heterocycles. The minimum absolute atomic E-state index is 0.0756. The van der Waals surface area contributed by atoms with E-state index in [1.165, 1.54) is 6.42 Å². The number of nitrogens with one attached hydrogen (secondary N) is 2. The molecule has 0 aliphatic carbocycles. The number of hydrogen-bond donors (Lipinski definition) is 2. The van der Waals surface area contributed by atoms with Crippen LogP contribution in [0.3, 0.4) is 0 Å². The molecule has 0 atom stereocenters. The monoisotopic (exact) mass is 362 g/mol. The van der Waals surface area contributed by atoms with Gasteiger partial charge >= 0.3 is 0 Å². The molecule has 0 radical (unpaired) electrons. The fourth-order valence-corrected chi connectivity index (χ4v) is 2.86. The second-order valence-corrected chi connectivity index (χ2v) is 6.06. The van der Waals surface area contributed by atoms with E-state index < -0.39 is 0 Å². The summed E-state index contributed by atoms with van der Waals surface area (Å²) in [5.41, 5.74) is 0.819. The maximum absolute atomic E-state index is 12.3. The number of carbonyl (C=O) groups is 1. The molecule has 1 saturated heterocycles. The van der Waals surface area contributed by atoms with Crippen LogP contribution in [0.2, 0.25) is 0 Å². The van der Waals surface area contributed by atoms with Crippen LogP contribution in [0.1, 0.15) is 33.1 Å².